The van der Waals surface area contributed by atoms with Crippen LogP contribution in [0.1, 0.15) is 45.4 Å². The van der Waals surface area contributed by atoms with Crippen molar-refractivity contribution in [3.63, 3.8) is 0 Å². The third-order valence-electron chi connectivity index (χ3n) is 4.48. The molecule has 0 saturated heterocycles. The first-order valence-corrected chi connectivity index (χ1v) is 10.1. The number of carbonyl (C=O) groups is 3. The van der Waals surface area contributed by atoms with E-state index in [-0.39, 0.29) is 32.0 Å². The Hall–Kier alpha value is -2.87. The maximum Gasteiger partial charge on any atom is 0.307 e. The predicted octanol–water partition coefficient (Wildman–Crippen LogP) is 3.30. The molecule has 0 fully saturated rings. The van der Waals surface area contributed by atoms with Crippen molar-refractivity contribution in [2.45, 2.75) is 46.3 Å². The Labute approximate surface area is 173 Å². The first-order chi connectivity index (χ1) is 13.8. The van der Waals surface area contributed by atoms with Gasteiger partial charge in [-0.25, -0.2) is 0 Å². The second-order valence-electron chi connectivity index (χ2n) is 6.79. The molecule has 8 heteroatoms. The number of benzene rings is 1. The van der Waals surface area contributed by atoms with Gasteiger partial charge in [0.15, 0.2) is 23.4 Å². The molecule has 1 N–H and O–H groups in total. The molecular weight excluding hydrogens is 394 g/mol. The van der Waals surface area contributed by atoms with Crippen molar-refractivity contribution in [1.82, 2.24) is 5.32 Å². The van der Waals surface area contributed by atoms with Crippen molar-refractivity contribution in [2.24, 2.45) is 0 Å². The Kier molecular flexibility index (Phi) is 6.53. The fourth-order valence-electron chi connectivity index (χ4n) is 2.95. The summed E-state index contributed by atoms with van der Waals surface area (Å²) in [6, 6.07) is 7.23. The highest BCUT2D eigenvalue weighted by molar-refractivity contribution is 7.12. The molecule has 0 bridgehead atoms. The SMILES string of the molecule is Cc1cc(C(=O)CCC(=O)O[C@@H](C)C(=O)NCc2ccc3c(c2)OCO3)c(C)s1. The normalized spacial score (nSPS) is 13.1. The van der Waals surface area contributed by atoms with Gasteiger partial charge in [0.25, 0.3) is 5.91 Å². The number of nitrogens with one attached hydrogen (secondary N) is 1. The second kappa shape index (κ2) is 9.09. The molecule has 0 radical (unpaired) electrons. The molecule has 0 aliphatic carbocycles. The Bertz CT molecular complexity index is 935. The van der Waals surface area contributed by atoms with Crippen LogP contribution in [0.2, 0.25) is 0 Å². The molecule has 1 aromatic heterocycles. The molecule has 1 amide bonds. The number of ketones is 1. The topological polar surface area (TPSA) is 90.9 Å². The van der Waals surface area contributed by atoms with E-state index in [1.807, 2.05) is 26.0 Å². The van der Waals surface area contributed by atoms with E-state index in [4.69, 9.17) is 14.2 Å². The molecule has 0 saturated carbocycles. The number of aryl methyl sites for hydroxylation is 2. The van der Waals surface area contributed by atoms with Crippen molar-refractivity contribution in [2.75, 3.05) is 6.79 Å². The minimum Gasteiger partial charge on any atom is -0.454 e. The summed E-state index contributed by atoms with van der Waals surface area (Å²) in [6.45, 7) is 5.78. The molecule has 1 aliphatic heterocycles. The maximum absolute atomic E-state index is 12.2. The molecule has 2 heterocycles. The van der Waals surface area contributed by atoms with E-state index in [1.165, 1.54) is 6.92 Å². The lowest BCUT2D eigenvalue weighted by Gasteiger charge is -2.13. The number of hydrogen-bond acceptors (Lipinski definition) is 7. The number of amides is 1. The lowest BCUT2D eigenvalue weighted by atomic mass is 10.1. The van der Waals surface area contributed by atoms with Crippen LogP contribution in [0.3, 0.4) is 0 Å². The average Bonchev–Trinajstić information content (AvgIpc) is 3.29. The van der Waals surface area contributed by atoms with Crippen molar-refractivity contribution in [3.8, 4) is 11.5 Å². The summed E-state index contributed by atoms with van der Waals surface area (Å²) in [4.78, 5) is 38.4. The molecule has 7 nitrogen and oxygen atoms in total. The van der Waals surface area contributed by atoms with Crippen molar-refractivity contribution < 1.29 is 28.6 Å². The van der Waals surface area contributed by atoms with Gasteiger partial charge in [-0.2, -0.15) is 0 Å². The monoisotopic (exact) mass is 417 g/mol. The minimum absolute atomic E-state index is 0.0569. The van der Waals surface area contributed by atoms with Crippen molar-refractivity contribution in [3.05, 3.63) is 45.1 Å². The van der Waals surface area contributed by atoms with E-state index in [0.29, 0.717) is 17.1 Å². The number of thiophene rings is 1. The molecule has 29 heavy (non-hydrogen) atoms. The van der Waals surface area contributed by atoms with Gasteiger partial charge in [-0.15, -0.1) is 11.3 Å². The van der Waals surface area contributed by atoms with Gasteiger partial charge in [0.2, 0.25) is 6.79 Å². The molecule has 1 aliphatic rings. The van der Waals surface area contributed by atoms with E-state index in [0.717, 1.165) is 15.3 Å². The van der Waals surface area contributed by atoms with Gasteiger partial charge in [0.05, 0.1) is 6.42 Å². The molecule has 1 aromatic carbocycles. The lowest BCUT2D eigenvalue weighted by Crippen LogP contribution is -2.35. The van der Waals surface area contributed by atoms with Crippen molar-refractivity contribution >= 4 is 29.0 Å². The Morgan fingerprint density at radius 2 is 1.90 bits per heavy atom. The molecule has 0 spiro atoms. The number of fused-ring (bicyclic) bond motifs is 1. The fourth-order valence-corrected chi connectivity index (χ4v) is 3.89. The summed E-state index contributed by atoms with van der Waals surface area (Å²) >= 11 is 1.55. The second-order valence-corrected chi connectivity index (χ2v) is 8.25. The summed E-state index contributed by atoms with van der Waals surface area (Å²) in [5.41, 5.74) is 1.49. The molecule has 3 rings (SSSR count). The van der Waals surface area contributed by atoms with Crippen LogP contribution in [-0.4, -0.2) is 30.6 Å². The highest BCUT2D eigenvalue weighted by Crippen LogP contribution is 2.32. The van der Waals surface area contributed by atoms with Gasteiger partial charge in [0, 0.05) is 28.3 Å². The maximum atomic E-state index is 12.2. The summed E-state index contributed by atoms with van der Waals surface area (Å²) in [6.07, 6.45) is -0.953. The Morgan fingerprint density at radius 3 is 2.62 bits per heavy atom. The quantitative estimate of drug-likeness (QED) is 0.523. The average molecular weight is 417 g/mol. The lowest BCUT2D eigenvalue weighted by molar-refractivity contribution is -0.154. The fraction of sp³-hybridized carbons (Fsp3) is 0.381. The smallest absolute Gasteiger partial charge is 0.307 e. The number of ether oxygens (including phenoxy) is 3. The number of esters is 1. The van der Waals surface area contributed by atoms with Crippen LogP contribution < -0.4 is 14.8 Å². The highest BCUT2D eigenvalue weighted by atomic mass is 32.1. The Morgan fingerprint density at radius 1 is 1.14 bits per heavy atom. The zero-order valence-electron chi connectivity index (χ0n) is 16.6. The molecule has 154 valence electrons. The van der Waals surface area contributed by atoms with Gasteiger partial charge in [-0.3, -0.25) is 14.4 Å². The van der Waals surface area contributed by atoms with Gasteiger partial charge in [0.1, 0.15) is 0 Å². The molecular formula is C21H23NO6S. The highest BCUT2D eigenvalue weighted by Gasteiger charge is 2.20. The Balaban J connectivity index is 1.42. The number of Topliss-reactive ketones (excluding diaryl/α,β-unsaturated/α-hetero) is 1. The van der Waals surface area contributed by atoms with Gasteiger partial charge >= 0.3 is 5.97 Å². The van der Waals surface area contributed by atoms with Crippen LogP contribution >= 0.6 is 11.3 Å². The van der Waals surface area contributed by atoms with Gasteiger partial charge in [-0.1, -0.05) is 6.07 Å². The summed E-state index contributed by atoms with van der Waals surface area (Å²) in [7, 11) is 0. The first kappa shape index (κ1) is 20.9. The van der Waals surface area contributed by atoms with Crippen molar-refractivity contribution in [1.29, 1.82) is 0 Å². The standard InChI is InChI=1S/C21H23NO6S/c1-12-8-16(14(3)29-12)17(23)5-7-20(24)28-13(2)21(25)22-10-15-4-6-18-19(9-15)27-11-26-18/h4,6,8-9,13H,5,7,10-11H2,1-3H3,(H,22,25)/t13-/m0/s1. The van der Waals surface area contributed by atoms with Crippen LogP contribution in [0.4, 0.5) is 0 Å². The van der Waals surface area contributed by atoms with Crippen LogP contribution in [0.25, 0.3) is 0 Å². The third-order valence-corrected chi connectivity index (χ3v) is 5.44. The summed E-state index contributed by atoms with van der Waals surface area (Å²) in [5.74, 6) is 0.228. The third kappa shape index (κ3) is 5.35. The van der Waals surface area contributed by atoms with E-state index in [1.54, 1.807) is 23.5 Å². The van der Waals surface area contributed by atoms with E-state index in [9.17, 15) is 14.4 Å². The van der Waals surface area contributed by atoms with E-state index >= 15 is 0 Å². The number of hydrogen-bond donors (Lipinski definition) is 1. The van der Waals surface area contributed by atoms with E-state index < -0.39 is 18.0 Å². The summed E-state index contributed by atoms with van der Waals surface area (Å²) < 4.78 is 15.7. The van der Waals surface area contributed by atoms with Crippen LogP contribution in [0.15, 0.2) is 24.3 Å². The molecule has 1 atom stereocenters. The van der Waals surface area contributed by atoms with Gasteiger partial charge < -0.3 is 19.5 Å². The van der Waals surface area contributed by atoms with E-state index in [2.05, 4.69) is 5.32 Å². The first-order valence-electron chi connectivity index (χ1n) is 9.29. The molecule has 2 aromatic rings. The summed E-state index contributed by atoms with van der Waals surface area (Å²) in [5, 5.41) is 2.72. The van der Waals surface area contributed by atoms with Crippen LogP contribution in [0.5, 0.6) is 11.5 Å². The zero-order chi connectivity index (χ0) is 21.0. The minimum atomic E-state index is -0.947. The van der Waals surface area contributed by atoms with Crippen LogP contribution in [0, 0.1) is 13.8 Å². The largest absolute Gasteiger partial charge is 0.454 e. The van der Waals surface area contributed by atoms with Gasteiger partial charge in [-0.05, 0) is 44.5 Å². The zero-order valence-corrected chi connectivity index (χ0v) is 17.4. The number of carbonyl (C=O) groups excluding carboxylic acids is 3. The molecule has 0 unspecified atom stereocenters. The predicted molar refractivity (Wildman–Crippen MR) is 107 cm³/mol. The number of rotatable bonds is 8. The van der Waals surface area contributed by atoms with Crippen LogP contribution in [-0.2, 0) is 20.9 Å².